The summed E-state index contributed by atoms with van der Waals surface area (Å²) in [7, 11) is 0. The lowest BCUT2D eigenvalue weighted by Gasteiger charge is -2.14. The van der Waals surface area contributed by atoms with Crippen LogP contribution in [0.15, 0.2) is 18.2 Å². The molecule has 0 aliphatic carbocycles. The second kappa shape index (κ2) is 5.30. The fraction of sp³-hybridized carbons (Fsp3) is 0.333. The maximum atomic E-state index is 13.3. The van der Waals surface area contributed by atoms with Crippen LogP contribution in [0.1, 0.15) is 41.9 Å². The van der Waals surface area contributed by atoms with Gasteiger partial charge in [0, 0.05) is 5.02 Å². The lowest BCUT2D eigenvalue weighted by molar-refractivity contribution is 0.623. The van der Waals surface area contributed by atoms with E-state index in [1.54, 1.807) is 0 Å². The molecule has 1 heterocycles. The van der Waals surface area contributed by atoms with Crippen molar-refractivity contribution in [1.82, 2.24) is 9.59 Å². The van der Waals surface area contributed by atoms with Gasteiger partial charge in [-0.15, -0.1) is 5.10 Å². The molecule has 3 nitrogen and oxygen atoms in total. The van der Waals surface area contributed by atoms with E-state index in [9.17, 15) is 4.39 Å². The topological polar surface area (TPSA) is 51.8 Å². The molecule has 18 heavy (non-hydrogen) atoms. The molecule has 2 rings (SSSR count). The van der Waals surface area contributed by atoms with E-state index in [0.29, 0.717) is 10.6 Å². The molecule has 0 radical (unpaired) electrons. The average Bonchev–Trinajstić information content (AvgIpc) is 2.80. The second-order valence-electron chi connectivity index (χ2n) is 4.32. The molecule has 1 atom stereocenters. The maximum Gasteiger partial charge on any atom is 0.123 e. The number of benzene rings is 1. The van der Waals surface area contributed by atoms with E-state index in [1.807, 2.05) is 13.8 Å². The number of hydrogen-bond acceptors (Lipinski definition) is 4. The van der Waals surface area contributed by atoms with Gasteiger partial charge in [-0.25, -0.2) is 4.39 Å². The zero-order valence-corrected chi connectivity index (χ0v) is 11.6. The molecule has 0 saturated heterocycles. The largest absolute Gasteiger partial charge is 0.319 e. The Morgan fingerprint density at radius 2 is 2.11 bits per heavy atom. The number of aromatic nitrogens is 2. The number of rotatable bonds is 3. The molecule has 0 bridgehead atoms. The molecule has 1 unspecified atom stereocenters. The van der Waals surface area contributed by atoms with Crippen LogP contribution in [0.2, 0.25) is 5.02 Å². The van der Waals surface area contributed by atoms with Crippen molar-refractivity contribution in [2.24, 2.45) is 5.73 Å². The molecule has 0 spiro atoms. The van der Waals surface area contributed by atoms with Gasteiger partial charge in [0.05, 0.1) is 16.6 Å². The van der Waals surface area contributed by atoms with Crippen molar-refractivity contribution in [3.63, 3.8) is 0 Å². The van der Waals surface area contributed by atoms with Gasteiger partial charge in [-0.2, -0.15) is 0 Å². The first kappa shape index (κ1) is 13.4. The molecule has 0 saturated carbocycles. The highest BCUT2D eigenvalue weighted by Crippen LogP contribution is 2.32. The molecule has 0 fully saturated rings. The Morgan fingerprint density at radius 3 is 2.78 bits per heavy atom. The maximum absolute atomic E-state index is 13.3. The van der Waals surface area contributed by atoms with Crippen molar-refractivity contribution in [3.8, 4) is 0 Å². The van der Waals surface area contributed by atoms with Crippen molar-refractivity contribution in [1.29, 1.82) is 0 Å². The Hall–Kier alpha value is -1.04. The first-order valence-electron chi connectivity index (χ1n) is 5.53. The van der Waals surface area contributed by atoms with E-state index in [0.717, 1.165) is 10.6 Å². The minimum atomic E-state index is -0.495. The molecular weight excluding hydrogens is 273 g/mol. The van der Waals surface area contributed by atoms with Crippen LogP contribution in [0.4, 0.5) is 4.39 Å². The van der Waals surface area contributed by atoms with Crippen LogP contribution in [0.25, 0.3) is 0 Å². The van der Waals surface area contributed by atoms with Gasteiger partial charge in [-0.1, -0.05) is 29.9 Å². The summed E-state index contributed by atoms with van der Waals surface area (Å²) in [4.78, 5) is 0.831. The predicted octanol–water partition coefficient (Wildman–Crippen LogP) is 3.50. The number of nitrogens with zero attached hydrogens (tertiary/aromatic N) is 2. The smallest absolute Gasteiger partial charge is 0.123 e. The van der Waals surface area contributed by atoms with Crippen molar-refractivity contribution in [2.45, 2.75) is 25.8 Å². The highest BCUT2D eigenvalue weighted by molar-refractivity contribution is 7.05. The first-order valence-corrected chi connectivity index (χ1v) is 6.68. The Bertz CT molecular complexity index is 556. The number of hydrogen-bond donors (Lipinski definition) is 1. The van der Waals surface area contributed by atoms with Crippen molar-refractivity contribution >= 4 is 23.1 Å². The summed E-state index contributed by atoms with van der Waals surface area (Å²) in [6.45, 7) is 4.03. The minimum Gasteiger partial charge on any atom is -0.319 e. The summed E-state index contributed by atoms with van der Waals surface area (Å²) in [6, 6.07) is 3.68. The van der Waals surface area contributed by atoms with Gasteiger partial charge in [0.25, 0.3) is 0 Å². The molecule has 2 N–H and O–H groups in total. The van der Waals surface area contributed by atoms with Crippen LogP contribution in [0.3, 0.4) is 0 Å². The molecule has 0 aliphatic rings. The zero-order valence-electron chi connectivity index (χ0n) is 10.0. The van der Waals surface area contributed by atoms with E-state index < -0.39 is 6.04 Å². The molecule has 2 aromatic rings. The van der Waals surface area contributed by atoms with E-state index in [1.165, 1.54) is 29.7 Å². The van der Waals surface area contributed by atoms with E-state index in [-0.39, 0.29) is 11.7 Å². The molecule has 6 heteroatoms. The molecule has 1 aromatic carbocycles. The second-order valence-corrected chi connectivity index (χ2v) is 5.51. The molecule has 1 aromatic heterocycles. The van der Waals surface area contributed by atoms with Gasteiger partial charge < -0.3 is 5.73 Å². The van der Waals surface area contributed by atoms with Gasteiger partial charge in [-0.3, -0.25) is 0 Å². The monoisotopic (exact) mass is 285 g/mol. The Kier molecular flexibility index (Phi) is 3.94. The quantitative estimate of drug-likeness (QED) is 0.939. The fourth-order valence-electron chi connectivity index (χ4n) is 1.71. The van der Waals surface area contributed by atoms with Crippen LogP contribution >= 0.6 is 23.1 Å². The number of halogens is 2. The van der Waals surface area contributed by atoms with Gasteiger partial charge in [0.15, 0.2) is 0 Å². The van der Waals surface area contributed by atoms with E-state index in [4.69, 9.17) is 17.3 Å². The third kappa shape index (κ3) is 2.53. The first-order chi connectivity index (χ1) is 8.50. The third-order valence-corrected chi connectivity index (χ3v) is 3.83. The molecule has 0 amide bonds. The number of nitrogens with two attached hydrogens (primary N) is 1. The van der Waals surface area contributed by atoms with Crippen molar-refractivity contribution < 1.29 is 4.39 Å². The summed E-state index contributed by atoms with van der Waals surface area (Å²) < 4.78 is 17.2. The van der Waals surface area contributed by atoms with Gasteiger partial charge >= 0.3 is 0 Å². The Morgan fingerprint density at radius 1 is 1.39 bits per heavy atom. The predicted molar refractivity (Wildman–Crippen MR) is 71.4 cm³/mol. The lowest BCUT2D eigenvalue weighted by atomic mass is 10.0. The normalized spacial score (nSPS) is 13.0. The van der Waals surface area contributed by atoms with E-state index >= 15 is 0 Å². The lowest BCUT2D eigenvalue weighted by Crippen LogP contribution is -2.13. The van der Waals surface area contributed by atoms with Gasteiger partial charge in [0.1, 0.15) is 5.82 Å². The van der Waals surface area contributed by atoms with Gasteiger partial charge in [-0.05, 0) is 41.2 Å². The zero-order chi connectivity index (χ0) is 13.3. The summed E-state index contributed by atoms with van der Waals surface area (Å²) in [5.41, 5.74) is 7.55. The van der Waals surface area contributed by atoms with Crippen molar-refractivity contribution in [2.75, 3.05) is 0 Å². The summed E-state index contributed by atoms with van der Waals surface area (Å²) in [6.07, 6.45) is 0. The third-order valence-electron chi connectivity index (χ3n) is 2.66. The van der Waals surface area contributed by atoms with Crippen LogP contribution in [0.5, 0.6) is 0 Å². The average molecular weight is 286 g/mol. The molecular formula is C12H13ClFN3S. The Balaban J connectivity index is 2.44. The fourth-order valence-corrected chi connectivity index (χ4v) is 2.78. The van der Waals surface area contributed by atoms with Crippen LogP contribution in [0, 0.1) is 5.82 Å². The highest BCUT2D eigenvalue weighted by atomic mass is 35.5. The van der Waals surface area contributed by atoms with Crippen molar-refractivity contribution in [3.05, 3.63) is 45.2 Å². The summed E-state index contributed by atoms with van der Waals surface area (Å²) >= 11 is 7.29. The highest BCUT2D eigenvalue weighted by Gasteiger charge is 2.21. The molecule has 0 aliphatic heterocycles. The van der Waals surface area contributed by atoms with Crippen LogP contribution in [-0.2, 0) is 0 Å². The molecule has 96 valence electrons. The standard InChI is InChI=1S/C12H13ClFN3S/c1-6(2)11-12(18-17-16-11)10(15)8-5-7(14)3-4-9(8)13/h3-6,10H,15H2,1-2H3. The van der Waals surface area contributed by atoms with E-state index in [2.05, 4.69) is 9.59 Å². The van der Waals surface area contributed by atoms with Crippen LogP contribution in [-0.4, -0.2) is 9.59 Å². The minimum absolute atomic E-state index is 0.220. The summed E-state index contributed by atoms with van der Waals surface area (Å²) in [5, 5.41) is 4.52. The summed E-state index contributed by atoms with van der Waals surface area (Å²) in [5.74, 6) is -0.134. The van der Waals surface area contributed by atoms with Gasteiger partial charge in [0.2, 0.25) is 0 Å². The van der Waals surface area contributed by atoms with Crippen LogP contribution < -0.4 is 5.73 Å². The Labute approximate surface area is 114 Å². The SMILES string of the molecule is CC(C)c1nnsc1C(N)c1cc(F)ccc1Cl.